The zero-order valence-corrected chi connectivity index (χ0v) is 15.7. The highest BCUT2D eigenvalue weighted by Crippen LogP contribution is 2.39. The Balaban J connectivity index is 2.04. The van der Waals surface area contributed by atoms with Crippen LogP contribution >= 0.6 is 0 Å². The van der Waals surface area contributed by atoms with Crippen LogP contribution in [0.25, 0.3) is 0 Å². The summed E-state index contributed by atoms with van der Waals surface area (Å²) in [5.74, 6) is 0.641. The van der Waals surface area contributed by atoms with Crippen molar-refractivity contribution in [2.75, 3.05) is 0 Å². The van der Waals surface area contributed by atoms with E-state index in [2.05, 4.69) is 43.3 Å². The number of aryl methyl sites for hydroxylation is 3. The Morgan fingerprint density at radius 1 is 0.731 bits per heavy atom. The fourth-order valence-corrected chi connectivity index (χ4v) is 3.49. The van der Waals surface area contributed by atoms with Gasteiger partial charge in [-0.2, -0.15) is 0 Å². The summed E-state index contributed by atoms with van der Waals surface area (Å²) in [7, 11) is 0. The topological polar surface area (TPSA) is 40.5 Å². The molecular formula is C24H26O2. The Labute approximate surface area is 155 Å². The van der Waals surface area contributed by atoms with E-state index in [9.17, 15) is 10.2 Å². The molecule has 0 aromatic heterocycles. The molecule has 0 radical (unpaired) electrons. The van der Waals surface area contributed by atoms with Crippen LogP contribution in [-0.4, -0.2) is 10.2 Å². The first-order valence-electron chi connectivity index (χ1n) is 9.04. The van der Waals surface area contributed by atoms with Crippen LogP contribution in [0, 0.1) is 13.8 Å². The molecule has 3 rings (SSSR count). The van der Waals surface area contributed by atoms with E-state index in [0.717, 1.165) is 24.0 Å². The van der Waals surface area contributed by atoms with E-state index in [1.165, 1.54) is 16.7 Å². The van der Waals surface area contributed by atoms with E-state index >= 15 is 0 Å². The molecule has 0 bridgehead atoms. The highest BCUT2D eigenvalue weighted by Gasteiger charge is 2.29. The summed E-state index contributed by atoms with van der Waals surface area (Å²) in [6.07, 6.45) is 1.89. The van der Waals surface area contributed by atoms with Gasteiger partial charge in [0.25, 0.3) is 0 Å². The van der Waals surface area contributed by atoms with Gasteiger partial charge in [-0.25, -0.2) is 0 Å². The van der Waals surface area contributed by atoms with Crippen LogP contribution in [-0.2, 0) is 11.8 Å². The Morgan fingerprint density at radius 3 is 1.69 bits per heavy atom. The summed E-state index contributed by atoms with van der Waals surface area (Å²) in [6.45, 7) is 6.10. The SMILES string of the molecule is Cc1cc(C(C)(CCc2ccccc2)c2ccc(O)c(C)c2)ccc1O. The molecule has 2 N–H and O–H groups in total. The lowest BCUT2D eigenvalue weighted by Gasteiger charge is -2.32. The number of rotatable bonds is 5. The number of hydrogen-bond donors (Lipinski definition) is 2. The van der Waals surface area contributed by atoms with E-state index in [0.29, 0.717) is 11.5 Å². The largest absolute Gasteiger partial charge is 0.508 e. The lowest BCUT2D eigenvalue weighted by Crippen LogP contribution is -2.25. The van der Waals surface area contributed by atoms with Gasteiger partial charge in [-0.1, -0.05) is 61.5 Å². The average molecular weight is 346 g/mol. The van der Waals surface area contributed by atoms with Crippen molar-refractivity contribution in [3.8, 4) is 11.5 Å². The Morgan fingerprint density at radius 2 is 1.23 bits per heavy atom. The third kappa shape index (κ3) is 3.60. The molecule has 0 heterocycles. The number of hydrogen-bond acceptors (Lipinski definition) is 2. The minimum Gasteiger partial charge on any atom is -0.508 e. The molecule has 3 aromatic carbocycles. The summed E-state index contributed by atoms with van der Waals surface area (Å²) in [4.78, 5) is 0. The van der Waals surface area contributed by atoms with Gasteiger partial charge in [0.05, 0.1) is 0 Å². The molecule has 0 spiro atoms. The first kappa shape index (κ1) is 18.1. The lowest BCUT2D eigenvalue weighted by atomic mass is 9.71. The minimum absolute atomic E-state index is 0.216. The van der Waals surface area contributed by atoms with E-state index in [4.69, 9.17) is 0 Å². The van der Waals surface area contributed by atoms with E-state index in [1.807, 2.05) is 32.0 Å². The molecule has 3 aromatic rings. The normalized spacial score (nSPS) is 11.5. The molecule has 0 aliphatic carbocycles. The van der Waals surface area contributed by atoms with Crippen LogP contribution in [0.2, 0.25) is 0 Å². The monoisotopic (exact) mass is 346 g/mol. The van der Waals surface area contributed by atoms with Crippen molar-refractivity contribution in [1.29, 1.82) is 0 Å². The summed E-state index contributed by atoms with van der Waals surface area (Å²) in [6, 6.07) is 22.2. The molecule has 0 saturated carbocycles. The van der Waals surface area contributed by atoms with Crippen LogP contribution in [0.3, 0.4) is 0 Å². The van der Waals surface area contributed by atoms with Gasteiger partial charge in [0.15, 0.2) is 0 Å². The Bertz CT molecular complexity index is 846. The van der Waals surface area contributed by atoms with Gasteiger partial charge in [0.1, 0.15) is 11.5 Å². The van der Waals surface area contributed by atoms with Crippen molar-refractivity contribution in [3.63, 3.8) is 0 Å². The van der Waals surface area contributed by atoms with E-state index < -0.39 is 0 Å². The zero-order chi connectivity index (χ0) is 18.7. The maximum absolute atomic E-state index is 9.94. The standard InChI is InChI=1S/C24H26O2/c1-17-15-20(9-11-22(17)25)24(3,14-13-19-7-5-4-6-8-19)21-10-12-23(26)18(2)16-21/h4-12,15-16,25-26H,13-14H2,1-3H3. The van der Waals surface area contributed by atoms with Crippen molar-refractivity contribution >= 4 is 0 Å². The predicted octanol–water partition coefficient (Wildman–Crippen LogP) is 5.65. The number of aromatic hydroxyl groups is 2. The maximum Gasteiger partial charge on any atom is 0.118 e. The van der Waals surface area contributed by atoms with Gasteiger partial charge in [0, 0.05) is 5.41 Å². The third-order valence-electron chi connectivity index (χ3n) is 5.42. The summed E-state index contributed by atoms with van der Waals surface area (Å²) < 4.78 is 0. The smallest absolute Gasteiger partial charge is 0.118 e. The van der Waals surface area contributed by atoms with Gasteiger partial charge >= 0.3 is 0 Å². The first-order chi connectivity index (χ1) is 12.4. The summed E-state index contributed by atoms with van der Waals surface area (Å²) >= 11 is 0. The molecule has 0 atom stereocenters. The number of phenols is 2. The maximum atomic E-state index is 9.94. The van der Waals surface area contributed by atoms with Crippen LogP contribution in [0.5, 0.6) is 11.5 Å². The Hall–Kier alpha value is -2.74. The molecule has 2 heteroatoms. The van der Waals surface area contributed by atoms with E-state index in [1.54, 1.807) is 12.1 Å². The molecule has 2 nitrogen and oxygen atoms in total. The zero-order valence-electron chi connectivity index (χ0n) is 15.7. The second-order valence-corrected chi connectivity index (χ2v) is 7.32. The van der Waals surface area contributed by atoms with Crippen LogP contribution < -0.4 is 0 Å². The second-order valence-electron chi connectivity index (χ2n) is 7.32. The van der Waals surface area contributed by atoms with Gasteiger partial charge in [-0.05, 0) is 66.6 Å². The lowest BCUT2D eigenvalue weighted by molar-refractivity contribution is 0.466. The van der Waals surface area contributed by atoms with Crippen LogP contribution in [0.15, 0.2) is 66.7 Å². The van der Waals surface area contributed by atoms with Crippen molar-refractivity contribution in [2.45, 2.75) is 39.0 Å². The minimum atomic E-state index is -0.216. The van der Waals surface area contributed by atoms with Crippen molar-refractivity contribution < 1.29 is 10.2 Å². The quantitative estimate of drug-likeness (QED) is 0.626. The van der Waals surface area contributed by atoms with Crippen molar-refractivity contribution in [2.24, 2.45) is 0 Å². The van der Waals surface area contributed by atoms with Gasteiger partial charge < -0.3 is 10.2 Å². The van der Waals surface area contributed by atoms with Crippen molar-refractivity contribution in [1.82, 2.24) is 0 Å². The van der Waals surface area contributed by atoms with Gasteiger partial charge in [-0.15, -0.1) is 0 Å². The number of phenolic OH excluding ortho intramolecular Hbond substituents is 2. The third-order valence-corrected chi connectivity index (χ3v) is 5.42. The van der Waals surface area contributed by atoms with E-state index in [-0.39, 0.29) is 5.41 Å². The predicted molar refractivity (Wildman–Crippen MR) is 107 cm³/mol. The molecule has 0 fully saturated rings. The van der Waals surface area contributed by atoms with Crippen molar-refractivity contribution in [3.05, 3.63) is 94.5 Å². The Kier molecular flexibility index (Phi) is 5.03. The number of benzene rings is 3. The summed E-state index contributed by atoms with van der Waals surface area (Å²) in [5, 5.41) is 19.9. The highest BCUT2D eigenvalue weighted by atomic mass is 16.3. The fraction of sp³-hybridized carbons (Fsp3) is 0.250. The molecule has 0 unspecified atom stereocenters. The second kappa shape index (κ2) is 7.25. The molecule has 0 aliphatic rings. The first-order valence-corrected chi connectivity index (χ1v) is 9.04. The highest BCUT2D eigenvalue weighted by molar-refractivity contribution is 5.47. The molecule has 0 amide bonds. The van der Waals surface area contributed by atoms with Gasteiger partial charge in [-0.3, -0.25) is 0 Å². The molecule has 26 heavy (non-hydrogen) atoms. The fourth-order valence-electron chi connectivity index (χ4n) is 3.49. The molecule has 0 saturated heterocycles. The average Bonchev–Trinajstić information content (AvgIpc) is 2.65. The summed E-state index contributed by atoms with van der Waals surface area (Å²) in [5.41, 5.74) is 5.20. The van der Waals surface area contributed by atoms with Crippen LogP contribution in [0.1, 0.15) is 41.2 Å². The van der Waals surface area contributed by atoms with Gasteiger partial charge in [0.2, 0.25) is 0 Å². The van der Waals surface area contributed by atoms with Crippen LogP contribution in [0.4, 0.5) is 0 Å². The molecule has 134 valence electrons. The molecular weight excluding hydrogens is 320 g/mol. The molecule has 0 aliphatic heterocycles.